The van der Waals surface area contributed by atoms with Crippen molar-refractivity contribution in [3.63, 3.8) is 0 Å². The van der Waals surface area contributed by atoms with Crippen LogP contribution in [0.3, 0.4) is 0 Å². The van der Waals surface area contributed by atoms with Crippen molar-refractivity contribution in [3.8, 4) is 0 Å². The summed E-state index contributed by atoms with van der Waals surface area (Å²) >= 11 is 0. The third-order valence-corrected chi connectivity index (χ3v) is 3.30. The second-order valence-electron chi connectivity index (χ2n) is 4.59. The van der Waals surface area contributed by atoms with Crippen LogP contribution in [0.5, 0.6) is 0 Å². The molecule has 0 aliphatic heterocycles. The molecule has 2 aromatic rings. The molecule has 2 aromatic heterocycles. The van der Waals surface area contributed by atoms with E-state index in [2.05, 4.69) is 4.98 Å². The number of aryl methyl sites for hydroxylation is 1. The maximum atomic E-state index is 12.2. The zero-order chi connectivity index (χ0) is 14.9. The van der Waals surface area contributed by atoms with Gasteiger partial charge in [0.25, 0.3) is 5.56 Å². The third kappa shape index (κ3) is 2.27. The molecule has 20 heavy (non-hydrogen) atoms. The van der Waals surface area contributed by atoms with E-state index in [-0.39, 0.29) is 11.7 Å². The van der Waals surface area contributed by atoms with Crippen LogP contribution in [-0.4, -0.2) is 45.6 Å². The van der Waals surface area contributed by atoms with Crippen molar-refractivity contribution in [1.82, 2.24) is 18.7 Å². The molecule has 0 aliphatic carbocycles. The molecule has 2 rings (SSSR count). The molecule has 0 fully saturated rings. The van der Waals surface area contributed by atoms with E-state index in [0.717, 1.165) is 4.57 Å². The van der Waals surface area contributed by atoms with Gasteiger partial charge in [-0.05, 0) is 0 Å². The fourth-order valence-electron chi connectivity index (χ4n) is 2.14. The van der Waals surface area contributed by atoms with E-state index in [1.165, 1.54) is 17.9 Å². The summed E-state index contributed by atoms with van der Waals surface area (Å²) in [7, 11) is 6.20. The average Bonchev–Trinajstić information content (AvgIpc) is 2.86. The summed E-state index contributed by atoms with van der Waals surface area (Å²) in [5.74, 6) is 0. The quantitative estimate of drug-likeness (QED) is 0.709. The Balaban J connectivity index is 2.57. The van der Waals surface area contributed by atoms with Gasteiger partial charge in [-0.15, -0.1) is 0 Å². The molecule has 0 saturated carbocycles. The highest BCUT2D eigenvalue weighted by Gasteiger charge is 2.16. The molecule has 0 aliphatic rings. The second kappa shape index (κ2) is 5.59. The molecule has 0 bridgehead atoms. The van der Waals surface area contributed by atoms with Gasteiger partial charge < -0.3 is 14.0 Å². The summed E-state index contributed by atoms with van der Waals surface area (Å²) < 4.78 is 14.4. The van der Waals surface area contributed by atoms with Crippen molar-refractivity contribution in [2.75, 3.05) is 20.8 Å². The van der Waals surface area contributed by atoms with E-state index in [1.807, 2.05) is 0 Å². The van der Waals surface area contributed by atoms with Crippen LogP contribution in [-0.2, 0) is 30.1 Å². The molecule has 0 aromatic carbocycles. The van der Waals surface area contributed by atoms with Crippen LogP contribution >= 0.6 is 0 Å². The maximum Gasteiger partial charge on any atom is 0.332 e. The molecular formula is C12H18N4O4. The smallest absolute Gasteiger partial charge is 0.332 e. The van der Waals surface area contributed by atoms with Gasteiger partial charge in [0, 0.05) is 28.3 Å². The number of ether oxygens (including phenoxy) is 2. The Hall–Kier alpha value is -1.93. The minimum absolute atomic E-state index is 0.195. The molecule has 8 heteroatoms. The van der Waals surface area contributed by atoms with Crippen molar-refractivity contribution in [1.29, 1.82) is 0 Å². The Kier molecular flexibility index (Phi) is 4.05. The summed E-state index contributed by atoms with van der Waals surface area (Å²) in [5, 5.41) is 0. The third-order valence-electron chi connectivity index (χ3n) is 3.30. The van der Waals surface area contributed by atoms with E-state index >= 15 is 0 Å². The van der Waals surface area contributed by atoms with Gasteiger partial charge in [0.15, 0.2) is 11.2 Å². The first-order chi connectivity index (χ1) is 9.51. The van der Waals surface area contributed by atoms with Crippen LogP contribution in [0.25, 0.3) is 11.2 Å². The predicted octanol–water partition coefficient (Wildman–Crippen LogP) is -0.905. The maximum absolute atomic E-state index is 12.2. The lowest BCUT2D eigenvalue weighted by Gasteiger charge is -2.15. The molecule has 8 nitrogen and oxygen atoms in total. The van der Waals surface area contributed by atoms with Gasteiger partial charge >= 0.3 is 5.69 Å². The van der Waals surface area contributed by atoms with E-state index in [1.54, 1.807) is 25.8 Å². The summed E-state index contributed by atoms with van der Waals surface area (Å²) in [4.78, 5) is 28.2. The minimum atomic E-state index is -0.395. The number of nitrogens with zero attached hydrogens (tertiary/aromatic N) is 4. The molecule has 0 radical (unpaired) electrons. The van der Waals surface area contributed by atoms with Crippen LogP contribution in [0, 0.1) is 0 Å². The summed E-state index contributed by atoms with van der Waals surface area (Å²) in [6.07, 6.45) is 1.34. The standard InChI is InChI=1S/C12H18N4O4/c1-14-10-9(11(17)15(2)12(14)18)16(7-13-10)5-8(20-4)6-19-3/h7-8H,5-6H2,1-4H3. The van der Waals surface area contributed by atoms with Crippen molar-refractivity contribution in [2.24, 2.45) is 14.1 Å². The van der Waals surface area contributed by atoms with Crippen molar-refractivity contribution in [3.05, 3.63) is 27.2 Å². The van der Waals surface area contributed by atoms with Crippen molar-refractivity contribution in [2.45, 2.75) is 12.6 Å². The molecule has 110 valence electrons. The average molecular weight is 282 g/mol. The highest BCUT2D eigenvalue weighted by molar-refractivity contribution is 5.69. The monoisotopic (exact) mass is 282 g/mol. The number of aromatic nitrogens is 4. The molecule has 0 amide bonds. The number of imidazole rings is 1. The first-order valence-electron chi connectivity index (χ1n) is 6.13. The molecule has 0 N–H and O–H groups in total. The van der Waals surface area contributed by atoms with Crippen LogP contribution < -0.4 is 11.2 Å². The molecule has 0 saturated heterocycles. The van der Waals surface area contributed by atoms with Crippen molar-refractivity contribution >= 4 is 11.2 Å². The normalized spacial score (nSPS) is 13.0. The lowest BCUT2D eigenvalue weighted by atomic mass is 10.3. The van der Waals surface area contributed by atoms with E-state index in [9.17, 15) is 9.59 Å². The summed E-state index contributed by atoms with van der Waals surface area (Å²) in [6, 6.07) is 0. The van der Waals surface area contributed by atoms with Gasteiger partial charge in [0.1, 0.15) is 0 Å². The molecular weight excluding hydrogens is 264 g/mol. The SMILES string of the molecule is COCC(Cn1cnc2c1c(=O)n(C)c(=O)n2C)OC. The Morgan fingerprint density at radius 2 is 1.95 bits per heavy atom. The summed E-state index contributed by atoms with van der Waals surface area (Å²) in [6.45, 7) is 0.830. The van der Waals surface area contributed by atoms with Crippen LogP contribution in [0.15, 0.2) is 15.9 Å². The largest absolute Gasteiger partial charge is 0.382 e. The highest BCUT2D eigenvalue weighted by Crippen LogP contribution is 2.07. The Morgan fingerprint density at radius 1 is 1.25 bits per heavy atom. The lowest BCUT2D eigenvalue weighted by molar-refractivity contribution is 0.0189. The molecule has 1 unspecified atom stereocenters. The second-order valence-corrected chi connectivity index (χ2v) is 4.59. The zero-order valence-corrected chi connectivity index (χ0v) is 12.0. The number of fused-ring (bicyclic) bond motifs is 1. The van der Waals surface area contributed by atoms with Gasteiger partial charge in [-0.2, -0.15) is 0 Å². The molecule has 0 spiro atoms. The van der Waals surface area contributed by atoms with E-state index in [4.69, 9.17) is 9.47 Å². The van der Waals surface area contributed by atoms with Crippen molar-refractivity contribution < 1.29 is 9.47 Å². The first-order valence-corrected chi connectivity index (χ1v) is 6.13. The fraction of sp³-hybridized carbons (Fsp3) is 0.583. The predicted molar refractivity (Wildman–Crippen MR) is 72.9 cm³/mol. The van der Waals surface area contributed by atoms with Crippen LogP contribution in [0.2, 0.25) is 0 Å². The molecule has 1 atom stereocenters. The highest BCUT2D eigenvalue weighted by atomic mass is 16.5. The fourth-order valence-corrected chi connectivity index (χ4v) is 2.14. The number of rotatable bonds is 5. The number of methoxy groups -OCH3 is 2. The topological polar surface area (TPSA) is 80.3 Å². The zero-order valence-electron chi connectivity index (χ0n) is 12.0. The van der Waals surface area contributed by atoms with E-state index < -0.39 is 5.69 Å². The van der Waals surface area contributed by atoms with Gasteiger partial charge in [0.2, 0.25) is 0 Å². The first kappa shape index (κ1) is 14.5. The Morgan fingerprint density at radius 3 is 2.55 bits per heavy atom. The van der Waals surface area contributed by atoms with Gasteiger partial charge in [-0.1, -0.05) is 0 Å². The van der Waals surface area contributed by atoms with E-state index in [0.29, 0.717) is 24.3 Å². The van der Waals surface area contributed by atoms with Crippen LogP contribution in [0.4, 0.5) is 0 Å². The number of hydrogen-bond acceptors (Lipinski definition) is 5. The van der Waals surface area contributed by atoms with Gasteiger partial charge in [-0.25, -0.2) is 9.78 Å². The minimum Gasteiger partial charge on any atom is -0.382 e. The molecule has 2 heterocycles. The van der Waals surface area contributed by atoms with Crippen LogP contribution in [0.1, 0.15) is 0 Å². The van der Waals surface area contributed by atoms with Gasteiger partial charge in [0.05, 0.1) is 25.6 Å². The van der Waals surface area contributed by atoms with Gasteiger partial charge in [-0.3, -0.25) is 13.9 Å². The Bertz CT molecular complexity index is 727. The number of hydrogen-bond donors (Lipinski definition) is 0. The lowest BCUT2D eigenvalue weighted by Crippen LogP contribution is -2.38. The Labute approximate surface area is 115 Å². The summed E-state index contributed by atoms with van der Waals surface area (Å²) in [5.41, 5.74) is -0.0149.